The van der Waals surface area contributed by atoms with E-state index >= 15 is 0 Å². The van der Waals surface area contributed by atoms with Crippen molar-refractivity contribution in [3.8, 4) is 0 Å². The van der Waals surface area contributed by atoms with Crippen LogP contribution in [0.15, 0.2) is 12.2 Å². The van der Waals surface area contributed by atoms with E-state index in [0.29, 0.717) is 19.6 Å². The van der Waals surface area contributed by atoms with Gasteiger partial charge in [0.15, 0.2) is 0 Å². The summed E-state index contributed by atoms with van der Waals surface area (Å²) in [5.74, 6) is -2.07. The van der Waals surface area contributed by atoms with Crippen LogP contribution in [0.2, 0.25) is 0 Å². The summed E-state index contributed by atoms with van der Waals surface area (Å²) in [6.45, 7) is 3.50. The fourth-order valence-electron chi connectivity index (χ4n) is 2.41. The molecule has 0 spiro atoms. The molecule has 0 aromatic rings. The third kappa shape index (κ3) is 14.3. The largest absolute Gasteiger partial charge is 1.00 e. The summed E-state index contributed by atoms with van der Waals surface area (Å²) in [5.41, 5.74) is 0. The summed E-state index contributed by atoms with van der Waals surface area (Å²) in [6.07, 6.45) is 8.25. The van der Waals surface area contributed by atoms with Gasteiger partial charge < -0.3 is 24.6 Å². The predicted molar refractivity (Wildman–Crippen MR) is 82.0 cm³/mol. The molecule has 0 aliphatic rings. The Morgan fingerprint density at radius 3 is 2.26 bits per heavy atom. The van der Waals surface area contributed by atoms with Crippen LogP contribution in [0.4, 0.5) is 0 Å². The van der Waals surface area contributed by atoms with Gasteiger partial charge in [-0.25, -0.2) is 0 Å². The van der Waals surface area contributed by atoms with E-state index in [-0.39, 0.29) is 81.9 Å². The second-order valence-electron chi connectivity index (χ2n) is 5.65. The number of rotatable bonds is 14. The number of allylic oxidation sites excluding steroid dienone is 1. The van der Waals surface area contributed by atoms with Crippen molar-refractivity contribution in [2.24, 2.45) is 0 Å². The maximum absolute atomic E-state index is 10.8. The van der Waals surface area contributed by atoms with Gasteiger partial charge in [0.25, 0.3) is 0 Å². The van der Waals surface area contributed by atoms with Gasteiger partial charge in [-0.1, -0.05) is 25.8 Å². The summed E-state index contributed by atoms with van der Waals surface area (Å²) in [6, 6.07) is 0. The Morgan fingerprint density at radius 2 is 1.74 bits per heavy atom. The first-order chi connectivity index (χ1) is 10.5. The van der Waals surface area contributed by atoms with E-state index in [4.69, 9.17) is 5.11 Å². The molecule has 0 rings (SSSR count). The van der Waals surface area contributed by atoms with E-state index in [1.54, 1.807) is 0 Å². The molecule has 0 aromatic heterocycles. The van der Waals surface area contributed by atoms with Crippen LogP contribution in [0.25, 0.3) is 0 Å². The number of aliphatic carboxylic acids is 2. The second-order valence-corrected chi connectivity index (χ2v) is 5.65. The Morgan fingerprint density at radius 1 is 1.09 bits per heavy atom. The Bertz CT molecular complexity index is 342. The number of nitrogens with zero attached hydrogens (tertiary/aromatic N) is 1. The van der Waals surface area contributed by atoms with Crippen LogP contribution < -0.4 is 56.5 Å². The fourth-order valence-corrected chi connectivity index (χ4v) is 2.41. The number of aliphatic hydroxyl groups is 1. The molecule has 0 saturated heterocycles. The van der Waals surface area contributed by atoms with Crippen LogP contribution in [0.5, 0.6) is 0 Å². The Kier molecular flexibility index (Phi) is 17.4. The molecule has 1 atom stereocenters. The van der Waals surface area contributed by atoms with Gasteiger partial charge in [0.05, 0.1) is 32.7 Å². The number of carboxylic acids is 2. The minimum absolute atomic E-state index is 0. The van der Waals surface area contributed by atoms with E-state index in [1.165, 1.54) is 6.42 Å². The van der Waals surface area contributed by atoms with Crippen molar-refractivity contribution in [3.63, 3.8) is 0 Å². The number of quaternary nitrogens is 1. The molecular formula is C16H29KNO5+. The molecule has 128 valence electrons. The van der Waals surface area contributed by atoms with Gasteiger partial charge in [-0.05, 0) is 18.9 Å². The van der Waals surface area contributed by atoms with Crippen molar-refractivity contribution in [1.82, 2.24) is 0 Å². The first kappa shape index (κ1) is 25.5. The second kappa shape index (κ2) is 15.7. The molecule has 0 heterocycles. The van der Waals surface area contributed by atoms with Gasteiger partial charge >= 0.3 is 57.4 Å². The van der Waals surface area contributed by atoms with E-state index < -0.39 is 11.9 Å². The number of hydrogen-bond donors (Lipinski definition) is 2. The van der Waals surface area contributed by atoms with Crippen LogP contribution >= 0.6 is 0 Å². The van der Waals surface area contributed by atoms with E-state index in [2.05, 4.69) is 13.0 Å². The molecule has 6 nitrogen and oxygen atoms in total. The van der Waals surface area contributed by atoms with Crippen LogP contribution in [0, 0.1) is 0 Å². The zero-order chi connectivity index (χ0) is 16.8. The Hall–Kier alpha value is 0.236. The smallest absolute Gasteiger partial charge is 0.550 e. The van der Waals surface area contributed by atoms with Gasteiger partial charge in [0.2, 0.25) is 0 Å². The number of carbonyl (C=O) groups is 2. The van der Waals surface area contributed by atoms with Crippen molar-refractivity contribution in [2.45, 2.75) is 45.4 Å². The van der Waals surface area contributed by atoms with Gasteiger partial charge in [-0.3, -0.25) is 4.79 Å². The molecular weight excluding hydrogens is 325 g/mol. The average molecular weight is 355 g/mol. The molecule has 0 aromatic carbocycles. The molecule has 0 amide bonds. The summed E-state index contributed by atoms with van der Waals surface area (Å²) < 4.78 is 0.265. The number of carbonyl (C=O) groups excluding carboxylic acids is 1. The summed E-state index contributed by atoms with van der Waals surface area (Å²) in [4.78, 5) is 21.5. The van der Waals surface area contributed by atoms with Crippen LogP contribution in [-0.4, -0.2) is 59.4 Å². The van der Waals surface area contributed by atoms with Crippen molar-refractivity contribution < 1.29 is 80.8 Å². The molecule has 0 aliphatic heterocycles. The third-order valence-electron chi connectivity index (χ3n) is 3.80. The zero-order valence-electron chi connectivity index (χ0n) is 14.5. The number of unbranched alkanes of at least 4 members (excludes halogenated alkanes) is 3. The van der Waals surface area contributed by atoms with Crippen LogP contribution in [0.1, 0.15) is 45.4 Å². The average Bonchev–Trinajstić information content (AvgIpc) is 2.46. The maximum atomic E-state index is 10.8. The minimum Gasteiger partial charge on any atom is -0.550 e. The first-order valence-electron chi connectivity index (χ1n) is 7.98. The van der Waals surface area contributed by atoms with Crippen molar-refractivity contribution in [2.75, 3.05) is 32.8 Å². The fraction of sp³-hybridized carbons (Fsp3) is 0.750. The SMILES string of the molecule is CCCCC/C=C/C[N+](CCO)(CCC(=O)[O-])CCC(=O)O.[K+]. The number of hydrogen-bond acceptors (Lipinski definition) is 4. The van der Waals surface area contributed by atoms with Crippen molar-refractivity contribution >= 4 is 11.9 Å². The summed E-state index contributed by atoms with van der Waals surface area (Å²) >= 11 is 0. The molecule has 7 heteroatoms. The molecule has 0 saturated carbocycles. The van der Waals surface area contributed by atoms with Crippen LogP contribution in [0.3, 0.4) is 0 Å². The first-order valence-corrected chi connectivity index (χ1v) is 7.98. The molecule has 2 N–H and O–H groups in total. The number of carboxylic acid groups (broad SMARTS) is 2. The van der Waals surface area contributed by atoms with E-state index in [9.17, 15) is 19.8 Å². The van der Waals surface area contributed by atoms with E-state index in [1.807, 2.05) is 6.08 Å². The number of aliphatic hydroxyl groups excluding tert-OH is 1. The predicted octanol–water partition coefficient (Wildman–Crippen LogP) is -2.45. The van der Waals surface area contributed by atoms with Gasteiger partial charge in [0, 0.05) is 12.4 Å². The third-order valence-corrected chi connectivity index (χ3v) is 3.80. The molecule has 0 aliphatic carbocycles. The normalized spacial score (nSPS) is 13.5. The topological polar surface area (TPSA) is 97.7 Å². The van der Waals surface area contributed by atoms with Gasteiger partial charge in [-0.15, -0.1) is 0 Å². The zero-order valence-corrected chi connectivity index (χ0v) is 17.6. The standard InChI is InChI=1S/C16H29NO5.K/c1-2-3-4-5-6-7-10-17(13-14-18,11-8-15(19)20)12-9-16(21)22;/h6-7,18H,2-5,8-14H2,1H3,(H-,19,20,21,22);/q;+1/b7-6+;. The molecule has 0 radical (unpaired) electrons. The van der Waals surface area contributed by atoms with Crippen molar-refractivity contribution in [1.29, 1.82) is 0 Å². The Labute approximate surface area is 181 Å². The molecule has 0 bridgehead atoms. The molecule has 1 unspecified atom stereocenters. The quantitative estimate of drug-likeness (QED) is 0.156. The van der Waals surface area contributed by atoms with Crippen molar-refractivity contribution in [3.05, 3.63) is 12.2 Å². The summed E-state index contributed by atoms with van der Waals surface area (Å²) in [5, 5.41) is 28.8. The summed E-state index contributed by atoms with van der Waals surface area (Å²) in [7, 11) is 0. The Balaban J connectivity index is 0. The van der Waals surface area contributed by atoms with Crippen LogP contribution in [-0.2, 0) is 9.59 Å². The van der Waals surface area contributed by atoms with Gasteiger partial charge in [-0.2, -0.15) is 0 Å². The maximum Gasteiger partial charge on any atom is 1.00 e. The van der Waals surface area contributed by atoms with Gasteiger partial charge in [0.1, 0.15) is 6.54 Å². The molecule has 0 fully saturated rings. The van der Waals surface area contributed by atoms with E-state index in [0.717, 1.165) is 19.3 Å². The molecule has 23 heavy (non-hydrogen) atoms. The monoisotopic (exact) mass is 354 g/mol. The minimum atomic E-state index is -1.15.